The number of ether oxygens (including phenoxy) is 1. The van der Waals surface area contributed by atoms with Gasteiger partial charge in [-0.2, -0.15) is 0 Å². The molecular formula is C27H41N3O5. The second-order valence-corrected chi connectivity index (χ2v) is 11.4. The Labute approximate surface area is 208 Å². The van der Waals surface area contributed by atoms with Crippen molar-refractivity contribution in [2.75, 3.05) is 33.3 Å². The monoisotopic (exact) mass is 487 g/mol. The lowest BCUT2D eigenvalue weighted by molar-refractivity contribution is -0.156. The number of carbonyl (C=O) groups excluding carboxylic acids is 3. The van der Waals surface area contributed by atoms with Crippen LogP contribution in [0.4, 0.5) is 0 Å². The van der Waals surface area contributed by atoms with Crippen molar-refractivity contribution in [3.63, 3.8) is 0 Å². The lowest BCUT2D eigenvalue weighted by atomic mass is 9.73. The lowest BCUT2D eigenvalue weighted by Gasteiger charge is -2.41. The van der Waals surface area contributed by atoms with Crippen LogP contribution in [0.15, 0.2) is 24.3 Å². The van der Waals surface area contributed by atoms with Gasteiger partial charge in [-0.25, -0.2) is 0 Å². The van der Waals surface area contributed by atoms with Crippen molar-refractivity contribution in [1.82, 2.24) is 14.7 Å². The topological polar surface area (TPSA) is 90.4 Å². The Bertz CT molecular complexity index is 924. The first kappa shape index (κ1) is 25.9. The quantitative estimate of drug-likeness (QED) is 0.439. The van der Waals surface area contributed by atoms with E-state index in [9.17, 15) is 14.4 Å². The second kappa shape index (κ2) is 9.36. The smallest absolute Gasteiger partial charge is 0.249 e. The van der Waals surface area contributed by atoms with E-state index >= 15 is 0 Å². The third-order valence-electron chi connectivity index (χ3n) is 8.26. The minimum Gasteiger partial charge on any atom is -0.396 e. The van der Waals surface area contributed by atoms with Crippen molar-refractivity contribution in [1.29, 1.82) is 0 Å². The van der Waals surface area contributed by atoms with E-state index in [-0.39, 0.29) is 24.3 Å². The number of likely N-dealkylation sites (N-methyl/N-ethyl adjacent to an activating group) is 1. The molecule has 0 aliphatic carbocycles. The summed E-state index contributed by atoms with van der Waals surface area (Å²) in [5, 5.41) is 9.10. The van der Waals surface area contributed by atoms with Crippen LogP contribution in [0, 0.1) is 11.8 Å². The van der Waals surface area contributed by atoms with Crippen LogP contribution >= 0.6 is 0 Å². The molecule has 4 heterocycles. The molecule has 2 saturated heterocycles. The summed E-state index contributed by atoms with van der Waals surface area (Å²) >= 11 is 0. The molecule has 1 N–H and O–H groups in total. The van der Waals surface area contributed by atoms with Gasteiger partial charge in [-0.05, 0) is 40.0 Å². The molecule has 0 aromatic carbocycles. The Kier molecular flexibility index (Phi) is 6.92. The minimum absolute atomic E-state index is 0.103. The Morgan fingerprint density at radius 2 is 1.66 bits per heavy atom. The van der Waals surface area contributed by atoms with Crippen molar-refractivity contribution in [2.45, 2.75) is 82.6 Å². The highest BCUT2D eigenvalue weighted by Gasteiger charge is 2.75. The summed E-state index contributed by atoms with van der Waals surface area (Å²) in [6.07, 6.45) is 11.5. The van der Waals surface area contributed by atoms with Gasteiger partial charge in [0.1, 0.15) is 11.6 Å². The second-order valence-electron chi connectivity index (χ2n) is 11.4. The van der Waals surface area contributed by atoms with Gasteiger partial charge >= 0.3 is 0 Å². The molecule has 8 nitrogen and oxygen atoms in total. The number of amides is 3. The van der Waals surface area contributed by atoms with E-state index in [0.29, 0.717) is 26.1 Å². The summed E-state index contributed by atoms with van der Waals surface area (Å²) in [6.45, 7) is 9.46. The fourth-order valence-corrected chi connectivity index (χ4v) is 6.47. The van der Waals surface area contributed by atoms with Crippen molar-refractivity contribution >= 4 is 17.7 Å². The highest BCUT2D eigenvalue weighted by molar-refractivity contribution is 6.00. The van der Waals surface area contributed by atoms with Crippen LogP contribution in [0.3, 0.4) is 0 Å². The van der Waals surface area contributed by atoms with Gasteiger partial charge in [0, 0.05) is 38.8 Å². The standard InChI is InChI=1S/C27H41N3O5/c1-6-26-13-11-15-28(5)22(32)19(26)20-23(33)29(16-9-7-8-10-18-31)21-24(34)30(25(2,3)4)17-12-14-27(20,21)35-26/h11-14,19-21,31H,6-10,15-18H2,1-5H3/t19-,20-,21?,26+,27-/m0/s1. The van der Waals surface area contributed by atoms with Gasteiger partial charge in [0.2, 0.25) is 17.7 Å². The summed E-state index contributed by atoms with van der Waals surface area (Å²) < 4.78 is 6.91. The van der Waals surface area contributed by atoms with E-state index < -0.39 is 34.6 Å². The highest BCUT2D eigenvalue weighted by atomic mass is 16.5. The Morgan fingerprint density at radius 3 is 2.31 bits per heavy atom. The Morgan fingerprint density at radius 1 is 0.971 bits per heavy atom. The molecule has 8 heteroatoms. The van der Waals surface area contributed by atoms with Gasteiger partial charge in [0.05, 0.1) is 17.4 Å². The zero-order valence-electron chi connectivity index (χ0n) is 21.8. The first-order valence-electron chi connectivity index (χ1n) is 13.1. The predicted octanol–water partition coefficient (Wildman–Crippen LogP) is 2.13. The first-order chi connectivity index (χ1) is 16.5. The van der Waals surface area contributed by atoms with E-state index in [1.165, 1.54) is 0 Å². The molecule has 2 fully saturated rings. The number of hydrogen-bond donors (Lipinski definition) is 1. The summed E-state index contributed by atoms with van der Waals surface area (Å²) in [6, 6.07) is -0.808. The third kappa shape index (κ3) is 4.02. The molecule has 0 radical (unpaired) electrons. The van der Waals surface area contributed by atoms with Crippen LogP contribution in [0.5, 0.6) is 0 Å². The van der Waals surface area contributed by atoms with Crippen LogP contribution in [0.2, 0.25) is 0 Å². The van der Waals surface area contributed by atoms with Crippen molar-refractivity contribution < 1.29 is 24.2 Å². The van der Waals surface area contributed by atoms with Gasteiger partial charge < -0.3 is 24.5 Å². The molecule has 1 spiro atoms. The number of fused-ring (bicyclic) bond motifs is 2. The normalized spacial score (nSPS) is 34.7. The van der Waals surface area contributed by atoms with E-state index in [0.717, 1.165) is 25.7 Å². The number of aliphatic hydroxyl groups is 1. The molecule has 0 aromatic rings. The average Bonchev–Trinajstić information content (AvgIpc) is 3.08. The summed E-state index contributed by atoms with van der Waals surface area (Å²) in [7, 11) is 1.76. The number of hydrogen-bond acceptors (Lipinski definition) is 5. The van der Waals surface area contributed by atoms with Gasteiger partial charge in [0.25, 0.3) is 0 Å². The molecule has 4 rings (SSSR count). The lowest BCUT2D eigenvalue weighted by Crippen LogP contribution is -2.59. The third-order valence-corrected chi connectivity index (χ3v) is 8.26. The number of rotatable bonds is 7. The Balaban J connectivity index is 1.80. The number of nitrogens with zero attached hydrogens (tertiary/aromatic N) is 3. The van der Waals surface area contributed by atoms with Crippen molar-refractivity contribution in [2.24, 2.45) is 11.8 Å². The number of aliphatic hydroxyl groups excluding tert-OH is 1. The fourth-order valence-electron chi connectivity index (χ4n) is 6.47. The molecule has 194 valence electrons. The van der Waals surface area contributed by atoms with Crippen LogP contribution < -0.4 is 0 Å². The molecule has 0 aromatic heterocycles. The average molecular weight is 488 g/mol. The van der Waals surface area contributed by atoms with Crippen LogP contribution in [0.1, 0.15) is 59.8 Å². The summed E-state index contributed by atoms with van der Waals surface area (Å²) in [4.78, 5) is 47.2. The molecule has 4 aliphatic heterocycles. The fraction of sp³-hybridized carbons (Fsp3) is 0.741. The minimum atomic E-state index is -1.18. The molecule has 1 unspecified atom stereocenters. The first-order valence-corrected chi connectivity index (χ1v) is 13.1. The van der Waals surface area contributed by atoms with Crippen LogP contribution in [-0.4, -0.2) is 93.6 Å². The number of likely N-dealkylation sites (tertiary alicyclic amines) is 1. The van der Waals surface area contributed by atoms with Crippen molar-refractivity contribution in [3.8, 4) is 0 Å². The van der Waals surface area contributed by atoms with Crippen LogP contribution in [-0.2, 0) is 19.1 Å². The molecule has 3 amide bonds. The molecule has 0 bridgehead atoms. The molecule has 0 saturated carbocycles. The number of unbranched alkanes of at least 4 members (excludes halogenated alkanes) is 3. The largest absolute Gasteiger partial charge is 0.396 e. The van der Waals surface area contributed by atoms with E-state index in [1.807, 2.05) is 56.9 Å². The summed E-state index contributed by atoms with van der Waals surface area (Å²) in [5.74, 6) is -1.81. The van der Waals surface area contributed by atoms with E-state index in [1.54, 1.807) is 16.8 Å². The summed E-state index contributed by atoms with van der Waals surface area (Å²) in [5.41, 5.74) is -2.53. The van der Waals surface area contributed by atoms with Crippen LogP contribution in [0.25, 0.3) is 0 Å². The Hall–Kier alpha value is -2.19. The van der Waals surface area contributed by atoms with Gasteiger partial charge in [-0.15, -0.1) is 0 Å². The number of carbonyl (C=O) groups is 3. The maximum Gasteiger partial charge on any atom is 0.249 e. The van der Waals surface area contributed by atoms with Gasteiger partial charge in [0.15, 0.2) is 0 Å². The van der Waals surface area contributed by atoms with Gasteiger partial charge in [-0.3, -0.25) is 14.4 Å². The van der Waals surface area contributed by atoms with Crippen molar-refractivity contribution in [3.05, 3.63) is 24.3 Å². The van der Waals surface area contributed by atoms with Gasteiger partial charge in [-0.1, -0.05) is 44.1 Å². The molecular weight excluding hydrogens is 446 g/mol. The highest BCUT2D eigenvalue weighted by Crippen LogP contribution is 2.58. The SMILES string of the molecule is CC[C@@]12C=CCN(C)C(=O)[C@@H]1[C@H]1C(=O)N(CCCCCCO)C3C(=O)N(C(C)(C)C)CC=C[C@@]31O2. The molecule has 35 heavy (non-hydrogen) atoms. The zero-order chi connectivity index (χ0) is 25.6. The van der Waals surface area contributed by atoms with E-state index in [4.69, 9.17) is 9.84 Å². The van der Waals surface area contributed by atoms with E-state index in [2.05, 4.69) is 0 Å². The maximum atomic E-state index is 14.2. The molecule has 4 aliphatic rings. The predicted molar refractivity (Wildman–Crippen MR) is 132 cm³/mol. The zero-order valence-corrected chi connectivity index (χ0v) is 21.8. The molecule has 5 atom stereocenters. The maximum absolute atomic E-state index is 14.2.